The van der Waals surface area contributed by atoms with Gasteiger partial charge in [0.05, 0.1) is 13.2 Å². The summed E-state index contributed by atoms with van der Waals surface area (Å²) in [6, 6.07) is 0. The lowest BCUT2D eigenvalue weighted by molar-refractivity contribution is -0.133. The maximum absolute atomic E-state index is 12.3. The molecule has 0 aliphatic carbocycles. The number of nitrogens with one attached hydrogen (secondary N) is 1. The van der Waals surface area contributed by atoms with Crippen LogP contribution in [0.15, 0.2) is 0 Å². The molecule has 1 fully saturated rings. The van der Waals surface area contributed by atoms with E-state index in [-0.39, 0.29) is 5.91 Å². The predicted octanol–water partition coefficient (Wildman–Crippen LogP) is 1.28. The predicted molar refractivity (Wildman–Crippen MR) is 79.8 cm³/mol. The van der Waals surface area contributed by atoms with E-state index in [1.165, 1.54) is 6.42 Å². The molecule has 0 aromatic heterocycles. The highest BCUT2D eigenvalue weighted by atomic mass is 16.5. The van der Waals surface area contributed by atoms with Gasteiger partial charge in [0.1, 0.15) is 0 Å². The van der Waals surface area contributed by atoms with Gasteiger partial charge in [-0.3, -0.25) is 4.79 Å². The zero-order chi connectivity index (χ0) is 14.6. The second-order valence-corrected chi connectivity index (χ2v) is 5.17. The average molecular weight is 286 g/mol. The molecule has 0 saturated carbocycles. The highest BCUT2D eigenvalue weighted by Gasteiger charge is 2.18. The van der Waals surface area contributed by atoms with E-state index in [4.69, 9.17) is 9.47 Å². The summed E-state index contributed by atoms with van der Waals surface area (Å²) in [5.74, 6) is 0.899. The second kappa shape index (κ2) is 11.1. The molecular weight excluding hydrogens is 256 g/mol. The summed E-state index contributed by atoms with van der Waals surface area (Å²) >= 11 is 0. The van der Waals surface area contributed by atoms with Gasteiger partial charge in [-0.1, -0.05) is 0 Å². The van der Waals surface area contributed by atoms with Crippen LogP contribution in [-0.2, 0) is 14.3 Å². The molecule has 1 heterocycles. The SMILES string of the molecule is CCOCCN(CCOCC)C(=O)CCC1CCNC1. The van der Waals surface area contributed by atoms with Crippen LogP contribution in [0.25, 0.3) is 0 Å². The molecule has 0 bridgehead atoms. The van der Waals surface area contributed by atoms with Gasteiger partial charge in [0.2, 0.25) is 5.91 Å². The van der Waals surface area contributed by atoms with Gasteiger partial charge < -0.3 is 19.7 Å². The average Bonchev–Trinajstić information content (AvgIpc) is 2.97. The third-order valence-electron chi connectivity index (χ3n) is 3.70. The molecule has 118 valence electrons. The van der Waals surface area contributed by atoms with Gasteiger partial charge in [0.25, 0.3) is 0 Å². The van der Waals surface area contributed by atoms with Crippen molar-refractivity contribution in [3.63, 3.8) is 0 Å². The molecule has 1 N–H and O–H groups in total. The van der Waals surface area contributed by atoms with E-state index in [1.807, 2.05) is 18.7 Å². The first-order chi connectivity index (χ1) is 9.77. The van der Waals surface area contributed by atoms with E-state index in [0.717, 1.165) is 19.5 Å². The van der Waals surface area contributed by atoms with Crippen LogP contribution in [0.4, 0.5) is 0 Å². The third-order valence-corrected chi connectivity index (χ3v) is 3.70. The Morgan fingerprint density at radius 3 is 2.35 bits per heavy atom. The van der Waals surface area contributed by atoms with E-state index >= 15 is 0 Å². The first-order valence-corrected chi connectivity index (χ1v) is 7.91. The Bertz CT molecular complexity index is 246. The van der Waals surface area contributed by atoms with E-state index in [2.05, 4.69) is 5.32 Å². The maximum atomic E-state index is 12.3. The number of carbonyl (C=O) groups excluding carboxylic acids is 1. The minimum Gasteiger partial charge on any atom is -0.380 e. The van der Waals surface area contributed by atoms with Crippen LogP contribution in [-0.4, -0.2) is 63.4 Å². The Morgan fingerprint density at radius 1 is 1.20 bits per heavy atom. The lowest BCUT2D eigenvalue weighted by atomic mass is 10.0. The van der Waals surface area contributed by atoms with Crippen molar-refractivity contribution in [2.24, 2.45) is 5.92 Å². The van der Waals surface area contributed by atoms with Gasteiger partial charge in [0.15, 0.2) is 0 Å². The Labute approximate surface area is 123 Å². The van der Waals surface area contributed by atoms with Crippen molar-refractivity contribution < 1.29 is 14.3 Å². The topological polar surface area (TPSA) is 50.8 Å². The first kappa shape index (κ1) is 17.4. The molecular formula is C15H30N2O3. The minimum absolute atomic E-state index is 0.233. The van der Waals surface area contributed by atoms with Gasteiger partial charge >= 0.3 is 0 Å². The molecule has 1 atom stereocenters. The summed E-state index contributed by atoms with van der Waals surface area (Å²) in [6.45, 7) is 10.0. The van der Waals surface area contributed by atoms with E-state index in [9.17, 15) is 4.79 Å². The highest BCUT2D eigenvalue weighted by Crippen LogP contribution is 2.15. The number of amides is 1. The van der Waals surface area contributed by atoms with Crippen molar-refractivity contribution in [1.82, 2.24) is 10.2 Å². The Morgan fingerprint density at radius 2 is 1.85 bits per heavy atom. The summed E-state index contributed by atoms with van der Waals surface area (Å²) in [5.41, 5.74) is 0. The number of hydrogen-bond donors (Lipinski definition) is 1. The second-order valence-electron chi connectivity index (χ2n) is 5.17. The smallest absolute Gasteiger partial charge is 0.222 e. The van der Waals surface area contributed by atoms with Gasteiger partial charge in [-0.05, 0) is 45.7 Å². The third kappa shape index (κ3) is 7.22. The van der Waals surface area contributed by atoms with Crippen molar-refractivity contribution in [3.05, 3.63) is 0 Å². The minimum atomic E-state index is 0.233. The number of ether oxygens (including phenoxy) is 2. The Hall–Kier alpha value is -0.650. The fourth-order valence-electron chi connectivity index (χ4n) is 2.45. The van der Waals surface area contributed by atoms with Gasteiger partial charge in [-0.2, -0.15) is 0 Å². The molecule has 5 heteroatoms. The molecule has 1 aliphatic rings. The maximum Gasteiger partial charge on any atom is 0.222 e. The normalized spacial score (nSPS) is 18.4. The number of rotatable bonds is 11. The van der Waals surface area contributed by atoms with Crippen LogP contribution in [0, 0.1) is 5.92 Å². The molecule has 0 radical (unpaired) electrons. The van der Waals surface area contributed by atoms with Crippen molar-refractivity contribution in [1.29, 1.82) is 0 Å². The fraction of sp³-hybridized carbons (Fsp3) is 0.933. The van der Waals surface area contributed by atoms with Crippen LogP contribution in [0.5, 0.6) is 0 Å². The summed E-state index contributed by atoms with van der Waals surface area (Å²) in [7, 11) is 0. The van der Waals surface area contributed by atoms with Crippen molar-refractivity contribution in [2.75, 3.05) is 52.6 Å². The quantitative estimate of drug-likeness (QED) is 0.581. The molecule has 0 aromatic rings. The summed E-state index contributed by atoms with van der Waals surface area (Å²) in [5, 5.41) is 3.34. The Balaban J connectivity index is 2.27. The lowest BCUT2D eigenvalue weighted by Gasteiger charge is -2.23. The van der Waals surface area contributed by atoms with Crippen LogP contribution < -0.4 is 5.32 Å². The number of nitrogens with zero attached hydrogens (tertiary/aromatic N) is 1. The van der Waals surface area contributed by atoms with Gasteiger partial charge in [-0.15, -0.1) is 0 Å². The summed E-state index contributed by atoms with van der Waals surface area (Å²) in [6.07, 6.45) is 2.83. The van der Waals surface area contributed by atoms with Crippen LogP contribution in [0.3, 0.4) is 0 Å². The zero-order valence-corrected chi connectivity index (χ0v) is 13.0. The molecule has 1 rings (SSSR count). The lowest BCUT2D eigenvalue weighted by Crippen LogP contribution is -2.37. The molecule has 1 amide bonds. The van der Waals surface area contributed by atoms with Crippen molar-refractivity contribution >= 4 is 5.91 Å². The van der Waals surface area contributed by atoms with Crippen LogP contribution in [0.1, 0.15) is 33.1 Å². The Kier molecular flexibility index (Phi) is 9.62. The number of hydrogen-bond acceptors (Lipinski definition) is 4. The van der Waals surface area contributed by atoms with Crippen LogP contribution in [0.2, 0.25) is 0 Å². The first-order valence-electron chi connectivity index (χ1n) is 7.91. The van der Waals surface area contributed by atoms with Gasteiger partial charge in [-0.25, -0.2) is 0 Å². The zero-order valence-electron chi connectivity index (χ0n) is 13.0. The van der Waals surface area contributed by atoms with Gasteiger partial charge in [0, 0.05) is 32.7 Å². The standard InChI is InChI=1S/C15H30N2O3/c1-3-19-11-9-17(10-12-20-4-2)15(18)6-5-14-7-8-16-13-14/h14,16H,3-13H2,1-2H3. The fourth-order valence-corrected chi connectivity index (χ4v) is 2.45. The van der Waals surface area contributed by atoms with Crippen LogP contribution >= 0.6 is 0 Å². The number of carbonyl (C=O) groups is 1. The van der Waals surface area contributed by atoms with Crippen molar-refractivity contribution in [2.45, 2.75) is 33.1 Å². The molecule has 0 aromatic carbocycles. The van der Waals surface area contributed by atoms with Crippen molar-refractivity contribution in [3.8, 4) is 0 Å². The monoisotopic (exact) mass is 286 g/mol. The summed E-state index contributed by atoms with van der Waals surface area (Å²) in [4.78, 5) is 14.2. The molecule has 1 saturated heterocycles. The molecule has 20 heavy (non-hydrogen) atoms. The molecule has 1 aliphatic heterocycles. The molecule has 5 nitrogen and oxygen atoms in total. The molecule has 0 spiro atoms. The van der Waals surface area contributed by atoms with E-state index in [0.29, 0.717) is 51.9 Å². The van der Waals surface area contributed by atoms with E-state index < -0.39 is 0 Å². The largest absolute Gasteiger partial charge is 0.380 e. The van der Waals surface area contributed by atoms with E-state index in [1.54, 1.807) is 0 Å². The highest BCUT2D eigenvalue weighted by molar-refractivity contribution is 5.76. The summed E-state index contributed by atoms with van der Waals surface area (Å²) < 4.78 is 10.7. The molecule has 1 unspecified atom stereocenters.